The first-order valence-electron chi connectivity index (χ1n) is 5.74. The molecule has 0 fully saturated rings. The van der Waals surface area contributed by atoms with E-state index in [0.717, 1.165) is 13.0 Å². The highest BCUT2D eigenvalue weighted by Crippen LogP contribution is 2.32. The minimum atomic E-state index is 0.543. The number of allylic oxidation sites excluding steroid dienone is 2. The molecule has 0 aromatic rings. The lowest BCUT2D eigenvalue weighted by Crippen LogP contribution is -2.40. The summed E-state index contributed by atoms with van der Waals surface area (Å²) in [6, 6.07) is 1.12. The molecule has 2 aliphatic rings. The van der Waals surface area contributed by atoms with E-state index in [2.05, 4.69) is 71.2 Å². The Labute approximate surface area is 106 Å². The van der Waals surface area contributed by atoms with Gasteiger partial charge in [-0.1, -0.05) is 28.1 Å². The molecule has 0 spiro atoms. The fourth-order valence-corrected chi connectivity index (χ4v) is 2.52. The fraction of sp³-hybridized carbons (Fsp3) is 0.538. The van der Waals surface area contributed by atoms with Crippen LogP contribution in [0.3, 0.4) is 0 Å². The molecular formula is C13H19BrN2. The molecule has 2 atom stereocenters. The Morgan fingerprint density at radius 2 is 2.25 bits per heavy atom. The standard InChI is InChI=1S/C13H19BrN2/c1-10(15(2)3)9-16-7-6-11-4-5-12(14)8-13(11)16/h4-7,10,13H,8-9H2,1-3H3/t10-,13+/m1/s1. The summed E-state index contributed by atoms with van der Waals surface area (Å²) in [5.41, 5.74) is 1.44. The van der Waals surface area contributed by atoms with E-state index in [1.165, 1.54) is 10.1 Å². The smallest absolute Gasteiger partial charge is 0.0583 e. The lowest BCUT2D eigenvalue weighted by molar-refractivity contribution is 0.219. The summed E-state index contributed by atoms with van der Waals surface area (Å²) >= 11 is 3.60. The van der Waals surface area contributed by atoms with Gasteiger partial charge in [0.2, 0.25) is 0 Å². The van der Waals surface area contributed by atoms with Gasteiger partial charge in [-0.3, -0.25) is 0 Å². The summed E-state index contributed by atoms with van der Waals surface area (Å²) in [7, 11) is 4.27. The molecular weight excluding hydrogens is 264 g/mol. The van der Waals surface area contributed by atoms with Crippen molar-refractivity contribution in [2.24, 2.45) is 0 Å². The van der Waals surface area contributed by atoms with Crippen LogP contribution < -0.4 is 0 Å². The zero-order valence-electron chi connectivity index (χ0n) is 10.2. The number of likely N-dealkylation sites (N-methyl/N-ethyl adjacent to an activating group) is 1. The predicted octanol–water partition coefficient (Wildman–Crippen LogP) is 2.74. The van der Waals surface area contributed by atoms with Gasteiger partial charge in [-0.25, -0.2) is 0 Å². The third kappa shape index (κ3) is 2.41. The Bertz CT molecular complexity index is 355. The molecule has 0 amide bonds. The highest BCUT2D eigenvalue weighted by Gasteiger charge is 2.27. The van der Waals surface area contributed by atoms with E-state index in [-0.39, 0.29) is 0 Å². The van der Waals surface area contributed by atoms with E-state index in [1.807, 2.05) is 0 Å². The van der Waals surface area contributed by atoms with E-state index in [1.54, 1.807) is 0 Å². The van der Waals surface area contributed by atoms with Gasteiger partial charge in [-0.2, -0.15) is 0 Å². The zero-order valence-corrected chi connectivity index (χ0v) is 11.7. The fourth-order valence-electron chi connectivity index (χ4n) is 2.09. The number of hydrogen-bond donors (Lipinski definition) is 0. The summed E-state index contributed by atoms with van der Waals surface area (Å²) in [4.78, 5) is 4.72. The van der Waals surface area contributed by atoms with Gasteiger partial charge in [0.1, 0.15) is 0 Å². The Morgan fingerprint density at radius 1 is 1.50 bits per heavy atom. The molecule has 0 unspecified atom stereocenters. The summed E-state index contributed by atoms with van der Waals surface area (Å²) in [6.45, 7) is 3.36. The number of nitrogens with zero attached hydrogens (tertiary/aromatic N) is 2. The van der Waals surface area contributed by atoms with Crippen LogP contribution in [0.25, 0.3) is 0 Å². The van der Waals surface area contributed by atoms with E-state index < -0.39 is 0 Å². The van der Waals surface area contributed by atoms with Crippen LogP contribution in [0.1, 0.15) is 13.3 Å². The van der Waals surface area contributed by atoms with Crippen LogP contribution in [0.5, 0.6) is 0 Å². The van der Waals surface area contributed by atoms with Crippen molar-refractivity contribution in [2.45, 2.75) is 25.4 Å². The Morgan fingerprint density at radius 3 is 2.94 bits per heavy atom. The first-order chi connectivity index (χ1) is 7.58. The van der Waals surface area contributed by atoms with Crippen molar-refractivity contribution in [3.05, 3.63) is 34.5 Å². The van der Waals surface area contributed by atoms with Crippen molar-refractivity contribution in [1.82, 2.24) is 9.80 Å². The monoisotopic (exact) mass is 282 g/mol. The average Bonchev–Trinajstić information content (AvgIpc) is 2.61. The number of hydrogen-bond acceptors (Lipinski definition) is 2. The molecule has 0 aromatic heterocycles. The van der Waals surface area contributed by atoms with Crippen molar-refractivity contribution < 1.29 is 0 Å². The van der Waals surface area contributed by atoms with Crippen LogP contribution in [-0.2, 0) is 0 Å². The van der Waals surface area contributed by atoms with Gasteiger partial charge in [0, 0.05) is 25.2 Å². The molecule has 16 heavy (non-hydrogen) atoms. The zero-order chi connectivity index (χ0) is 11.7. The third-order valence-corrected chi connectivity index (χ3v) is 4.03. The second-order valence-electron chi connectivity index (χ2n) is 4.83. The summed E-state index contributed by atoms with van der Waals surface area (Å²) < 4.78 is 1.30. The van der Waals surface area contributed by atoms with Gasteiger partial charge >= 0.3 is 0 Å². The molecule has 1 heterocycles. The topological polar surface area (TPSA) is 6.48 Å². The van der Waals surface area contributed by atoms with Crippen LogP contribution >= 0.6 is 15.9 Å². The van der Waals surface area contributed by atoms with E-state index >= 15 is 0 Å². The van der Waals surface area contributed by atoms with Crippen molar-refractivity contribution in [3.63, 3.8) is 0 Å². The summed E-state index contributed by atoms with van der Waals surface area (Å²) in [5.74, 6) is 0. The van der Waals surface area contributed by atoms with Crippen LogP contribution in [0.15, 0.2) is 34.5 Å². The highest BCUT2D eigenvalue weighted by molar-refractivity contribution is 9.11. The Hall–Kier alpha value is -0.540. The van der Waals surface area contributed by atoms with Gasteiger partial charge in [0.25, 0.3) is 0 Å². The van der Waals surface area contributed by atoms with E-state index in [4.69, 9.17) is 0 Å². The Balaban J connectivity index is 2.02. The van der Waals surface area contributed by atoms with E-state index in [9.17, 15) is 0 Å². The second-order valence-corrected chi connectivity index (χ2v) is 5.84. The first kappa shape index (κ1) is 11.9. The average molecular weight is 283 g/mol. The minimum absolute atomic E-state index is 0.543. The molecule has 0 saturated carbocycles. The van der Waals surface area contributed by atoms with Crippen LogP contribution in [0.2, 0.25) is 0 Å². The number of rotatable bonds is 3. The largest absolute Gasteiger partial charge is 0.368 e. The van der Waals surface area contributed by atoms with Crippen LogP contribution in [0, 0.1) is 0 Å². The molecule has 0 N–H and O–H groups in total. The third-order valence-electron chi connectivity index (χ3n) is 3.45. The minimum Gasteiger partial charge on any atom is -0.368 e. The Kier molecular flexibility index (Phi) is 3.55. The van der Waals surface area contributed by atoms with Gasteiger partial charge in [-0.05, 0) is 37.2 Å². The molecule has 1 aliphatic carbocycles. The molecule has 2 rings (SSSR count). The lowest BCUT2D eigenvalue weighted by Gasteiger charge is -2.32. The van der Waals surface area contributed by atoms with Crippen molar-refractivity contribution in [1.29, 1.82) is 0 Å². The predicted molar refractivity (Wildman–Crippen MR) is 72.5 cm³/mol. The first-order valence-corrected chi connectivity index (χ1v) is 6.54. The molecule has 0 radical (unpaired) electrons. The number of fused-ring (bicyclic) bond motifs is 1. The van der Waals surface area contributed by atoms with Gasteiger partial charge < -0.3 is 9.80 Å². The normalized spacial score (nSPS) is 25.6. The van der Waals surface area contributed by atoms with Gasteiger partial charge in [-0.15, -0.1) is 0 Å². The van der Waals surface area contributed by atoms with Crippen molar-refractivity contribution in [2.75, 3.05) is 20.6 Å². The van der Waals surface area contributed by atoms with E-state index in [0.29, 0.717) is 12.1 Å². The molecule has 2 nitrogen and oxygen atoms in total. The SMILES string of the molecule is C[C@H](CN1C=CC2=CC=C(Br)C[C@@H]21)N(C)C. The van der Waals surface area contributed by atoms with Crippen molar-refractivity contribution in [3.8, 4) is 0 Å². The number of halogens is 1. The van der Waals surface area contributed by atoms with Crippen LogP contribution in [-0.4, -0.2) is 42.5 Å². The molecule has 0 bridgehead atoms. The van der Waals surface area contributed by atoms with Gasteiger partial charge in [0.05, 0.1) is 6.04 Å². The summed E-state index contributed by atoms with van der Waals surface area (Å²) in [6.07, 6.45) is 9.95. The molecule has 0 aromatic carbocycles. The quantitative estimate of drug-likeness (QED) is 0.786. The highest BCUT2D eigenvalue weighted by atomic mass is 79.9. The van der Waals surface area contributed by atoms with Gasteiger partial charge in [0.15, 0.2) is 0 Å². The molecule has 3 heteroatoms. The maximum Gasteiger partial charge on any atom is 0.0583 e. The maximum absolute atomic E-state index is 3.60. The lowest BCUT2D eigenvalue weighted by atomic mass is 10.0. The summed E-state index contributed by atoms with van der Waals surface area (Å²) in [5, 5.41) is 0. The van der Waals surface area contributed by atoms with Crippen LogP contribution in [0.4, 0.5) is 0 Å². The molecule has 88 valence electrons. The van der Waals surface area contributed by atoms with Crippen molar-refractivity contribution >= 4 is 15.9 Å². The second kappa shape index (κ2) is 4.76. The molecule has 1 aliphatic heterocycles. The molecule has 0 saturated heterocycles. The maximum atomic E-state index is 3.60.